The maximum Gasteiger partial charge on any atom is 0.322 e. The smallest absolute Gasteiger partial charge is 0.322 e. The van der Waals surface area contributed by atoms with E-state index in [-0.39, 0.29) is 48.7 Å². The zero-order valence-electron chi connectivity index (χ0n) is 19.1. The fraction of sp³-hybridized carbons (Fsp3) is 0.318. The Balaban J connectivity index is 1.70. The SMILES string of the molecule is COCCN(CCOC)S(=O)(=O)c1ccc(C(=O)Nc2nnc(-c3cccc(OC)c3)o2)cc1. The number of anilines is 1. The van der Waals surface area contributed by atoms with Crippen molar-refractivity contribution in [3.05, 3.63) is 54.1 Å². The average molecular weight is 491 g/mol. The number of benzene rings is 2. The van der Waals surface area contributed by atoms with Gasteiger partial charge in [-0.25, -0.2) is 8.42 Å². The van der Waals surface area contributed by atoms with Crippen LogP contribution in [0, 0.1) is 0 Å². The number of amides is 1. The minimum atomic E-state index is -3.79. The van der Waals surface area contributed by atoms with Crippen molar-refractivity contribution in [2.45, 2.75) is 4.90 Å². The van der Waals surface area contributed by atoms with Gasteiger partial charge < -0.3 is 18.6 Å². The number of nitrogens with one attached hydrogen (secondary N) is 1. The minimum Gasteiger partial charge on any atom is -0.497 e. The third-order valence-corrected chi connectivity index (χ3v) is 6.72. The van der Waals surface area contributed by atoms with Gasteiger partial charge in [0, 0.05) is 38.4 Å². The molecule has 0 aliphatic heterocycles. The summed E-state index contributed by atoms with van der Waals surface area (Å²) in [5.41, 5.74) is 0.855. The van der Waals surface area contributed by atoms with E-state index in [1.54, 1.807) is 31.4 Å². The van der Waals surface area contributed by atoms with Crippen molar-refractivity contribution in [3.8, 4) is 17.2 Å². The number of carbonyl (C=O) groups excluding carboxylic acids is 1. The van der Waals surface area contributed by atoms with Gasteiger partial charge in [0.1, 0.15) is 5.75 Å². The summed E-state index contributed by atoms with van der Waals surface area (Å²) in [6.07, 6.45) is 0. The van der Waals surface area contributed by atoms with E-state index in [1.165, 1.54) is 42.8 Å². The summed E-state index contributed by atoms with van der Waals surface area (Å²) in [5.74, 6) is 0.308. The molecule has 12 heteroatoms. The van der Waals surface area contributed by atoms with Crippen LogP contribution in [0.15, 0.2) is 57.8 Å². The first-order chi connectivity index (χ1) is 16.4. The molecule has 0 saturated heterocycles. The first-order valence-electron chi connectivity index (χ1n) is 10.3. The number of carbonyl (C=O) groups is 1. The average Bonchev–Trinajstić information content (AvgIpc) is 3.32. The molecule has 1 aromatic heterocycles. The molecule has 0 aliphatic rings. The highest BCUT2D eigenvalue weighted by atomic mass is 32.2. The van der Waals surface area contributed by atoms with E-state index in [0.29, 0.717) is 11.3 Å². The van der Waals surface area contributed by atoms with Gasteiger partial charge in [-0.3, -0.25) is 10.1 Å². The highest BCUT2D eigenvalue weighted by Crippen LogP contribution is 2.24. The highest BCUT2D eigenvalue weighted by Gasteiger charge is 2.24. The lowest BCUT2D eigenvalue weighted by Gasteiger charge is -2.21. The van der Waals surface area contributed by atoms with Crippen LogP contribution in [0.4, 0.5) is 6.01 Å². The number of methoxy groups -OCH3 is 3. The third-order valence-electron chi connectivity index (χ3n) is 4.81. The van der Waals surface area contributed by atoms with Crippen molar-refractivity contribution in [1.82, 2.24) is 14.5 Å². The normalized spacial score (nSPS) is 11.5. The lowest BCUT2D eigenvalue weighted by atomic mass is 10.2. The minimum absolute atomic E-state index is 0.0503. The van der Waals surface area contributed by atoms with Crippen molar-refractivity contribution in [1.29, 1.82) is 0 Å². The van der Waals surface area contributed by atoms with Gasteiger partial charge in [0.2, 0.25) is 15.9 Å². The van der Waals surface area contributed by atoms with Crippen molar-refractivity contribution in [2.24, 2.45) is 0 Å². The Morgan fingerprint density at radius 3 is 2.29 bits per heavy atom. The fourth-order valence-electron chi connectivity index (χ4n) is 2.98. The molecule has 3 aromatic rings. The topological polar surface area (TPSA) is 133 Å². The van der Waals surface area contributed by atoms with E-state index < -0.39 is 15.9 Å². The van der Waals surface area contributed by atoms with Crippen LogP contribution in [-0.2, 0) is 19.5 Å². The van der Waals surface area contributed by atoms with Crippen LogP contribution in [0.25, 0.3) is 11.5 Å². The zero-order valence-corrected chi connectivity index (χ0v) is 19.9. The van der Waals surface area contributed by atoms with Gasteiger partial charge in [-0.2, -0.15) is 4.31 Å². The van der Waals surface area contributed by atoms with Crippen LogP contribution in [-0.4, -0.2) is 76.5 Å². The van der Waals surface area contributed by atoms with E-state index in [9.17, 15) is 13.2 Å². The molecular weight excluding hydrogens is 464 g/mol. The van der Waals surface area contributed by atoms with Gasteiger partial charge in [0.05, 0.1) is 25.2 Å². The number of rotatable bonds is 12. The second-order valence-corrected chi connectivity index (χ2v) is 8.95. The fourth-order valence-corrected chi connectivity index (χ4v) is 4.39. The lowest BCUT2D eigenvalue weighted by Crippen LogP contribution is -2.36. The van der Waals surface area contributed by atoms with Crippen molar-refractivity contribution >= 4 is 21.9 Å². The molecule has 0 aliphatic carbocycles. The summed E-state index contributed by atoms with van der Waals surface area (Å²) in [5, 5.41) is 10.3. The number of hydrogen-bond donors (Lipinski definition) is 1. The van der Waals surface area contributed by atoms with E-state index in [2.05, 4.69) is 15.5 Å². The standard InChI is InChI=1S/C22H26N4O7S/c1-30-13-11-26(12-14-31-2)34(28,29)19-9-7-16(8-10-19)20(27)23-22-25-24-21(33-22)17-5-4-6-18(15-17)32-3/h4-10,15H,11-14H2,1-3H3,(H,23,25,27). The zero-order chi connectivity index (χ0) is 24.6. The monoisotopic (exact) mass is 490 g/mol. The third kappa shape index (κ3) is 6.17. The van der Waals surface area contributed by atoms with Crippen LogP contribution in [0.5, 0.6) is 5.75 Å². The summed E-state index contributed by atoms with van der Waals surface area (Å²) in [6.45, 7) is 0.838. The molecule has 0 fully saturated rings. The molecule has 0 spiro atoms. The van der Waals surface area contributed by atoms with Gasteiger partial charge in [0.25, 0.3) is 5.91 Å². The largest absolute Gasteiger partial charge is 0.497 e. The van der Waals surface area contributed by atoms with Crippen LogP contribution in [0.2, 0.25) is 0 Å². The first kappa shape index (κ1) is 25.3. The summed E-state index contributed by atoms with van der Waals surface area (Å²) in [6, 6.07) is 12.5. The molecular formula is C22H26N4O7S. The summed E-state index contributed by atoms with van der Waals surface area (Å²) in [4.78, 5) is 12.6. The maximum atomic E-state index is 13.0. The van der Waals surface area contributed by atoms with Gasteiger partial charge in [-0.15, -0.1) is 5.10 Å². The molecule has 0 atom stereocenters. The number of nitrogens with zero attached hydrogens (tertiary/aromatic N) is 3. The second kappa shape index (κ2) is 11.7. The van der Waals surface area contributed by atoms with Gasteiger partial charge >= 0.3 is 6.01 Å². The molecule has 3 rings (SSSR count). The van der Waals surface area contributed by atoms with Gasteiger partial charge in [0.15, 0.2) is 0 Å². The van der Waals surface area contributed by atoms with Gasteiger partial charge in [-0.1, -0.05) is 11.2 Å². The predicted octanol–water partition coefficient (Wildman–Crippen LogP) is 2.28. The predicted molar refractivity (Wildman–Crippen MR) is 123 cm³/mol. The van der Waals surface area contributed by atoms with Crippen LogP contribution in [0.1, 0.15) is 10.4 Å². The maximum absolute atomic E-state index is 13.0. The van der Waals surface area contributed by atoms with E-state index in [4.69, 9.17) is 18.6 Å². The van der Waals surface area contributed by atoms with E-state index in [0.717, 1.165) is 0 Å². The van der Waals surface area contributed by atoms with Crippen LogP contribution < -0.4 is 10.1 Å². The molecule has 11 nitrogen and oxygen atoms in total. The molecule has 0 saturated carbocycles. The Labute approximate surface area is 197 Å². The molecule has 0 unspecified atom stereocenters. The Morgan fingerprint density at radius 2 is 1.68 bits per heavy atom. The number of ether oxygens (including phenoxy) is 3. The Kier molecular flexibility index (Phi) is 8.71. The molecule has 182 valence electrons. The van der Waals surface area contributed by atoms with Crippen LogP contribution >= 0.6 is 0 Å². The second-order valence-electron chi connectivity index (χ2n) is 7.01. The van der Waals surface area contributed by atoms with E-state index in [1.807, 2.05) is 0 Å². The highest BCUT2D eigenvalue weighted by molar-refractivity contribution is 7.89. The molecule has 2 aromatic carbocycles. The van der Waals surface area contributed by atoms with Crippen LogP contribution in [0.3, 0.4) is 0 Å². The van der Waals surface area contributed by atoms with Crippen molar-refractivity contribution in [3.63, 3.8) is 0 Å². The quantitative estimate of drug-likeness (QED) is 0.406. The number of hydrogen-bond acceptors (Lipinski definition) is 9. The Bertz CT molecular complexity index is 1190. The summed E-state index contributed by atoms with van der Waals surface area (Å²) in [7, 11) is 0.753. The van der Waals surface area contributed by atoms with Crippen molar-refractivity contribution in [2.75, 3.05) is 52.9 Å². The Hall–Kier alpha value is -3.32. The lowest BCUT2D eigenvalue weighted by molar-refractivity contribution is 0.102. The van der Waals surface area contributed by atoms with Crippen molar-refractivity contribution < 1.29 is 31.8 Å². The summed E-state index contributed by atoms with van der Waals surface area (Å²) >= 11 is 0. The molecule has 0 bridgehead atoms. The number of sulfonamides is 1. The molecule has 1 N–H and O–H groups in total. The Morgan fingerprint density at radius 1 is 1.00 bits per heavy atom. The summed E-state index contributed by atoms with van der Waals surface area (Å²) < 4.78 is 47.9. The molecule has 1 amide bonds. The van der Waals surface area contributed by atoms with Gasteiger partial charge in [-0.05, 0) is 42.5 Å². The first-order valence-corrected chi connectivity index (χ1v) is 11.7. The molecule has 1 heterocycles. The molecule has 34 heavy (non-hydrogen) atoms. The van der Waals surface area contributed by atoms with E-state index >= 15 is 0 Å². The molecule has 0 radical (unpaired) electrons. The number of aromatic nitrogens is 2.